The van der Waals surface area contributed by atoms with Crippen LogP contribution in [0.4, 0.5) is 0 Å². The van der Waals surface area contributed by atoms with E-state index in [0.717, 1.165) is 32.5 Å². The Bertz CT molecular complexity index is 353. The highest BCUT2D eigenvalue weighted by atomic mass is 32.1. The molecule has 3 nitrogen and oxygen atoms in total. The van der Waals surface area contributed by atoms with Crippen molar-refractivity contribution in [1.29, 1.82) is 0 Å². The smallest absolute Gasteiger partial charge is 0.0599 e. The number of nitrogens with zero attached hydrogens (tertiary/aromatic N) is 1. The van der Waals surface area contributed by atoms with Crippen LogP contribution < -0.4 is 5.73 Å². The van der Waals surface area contributed by atoms with Crippen molar-refractivity contribution >= 4 is 11.3 Å². The molecule has 1 aromatic rings. The zero-order valence-corrected chi connectivity index (χ0v) is 11.5. The zero-order chi connectivity index (χ0) is 12.3. The third-order valence-electron chi connectivity index (χ3n) is 3.71. The molecule has 0 amide bonds. The number of nitrogens with two attached hydrogens (primary N) is 1. The van der Waals surface area contributed by atoms with Crippen molar-refractivity contribution in [3.05, 3.63) is 21.9 Å². The first-order valence-electron chi connectivity index (χ1n) is 6.24. The molecule has 1 aliphatic heterocycles. The van der Waals surface area contributed by atoms with Crippen molar-refractivity contribution < 1.29 is 4.74 Å². The van der Waals surface area contributed by atoms with Crippen molar-refractivity contribution in [2.75, 3.05) is 20.2 Å². The maximum atomic E-state index is 5.88. The molecule has 0 bridgehead atoms. The van der Waals surface area contributed by atoms with Crippen LogP contribution in [0.15, 0.2) is 11.4 Å². The van der Waals surface area contributed by atoms with Gasteiger partial charge in [0.05, 0.1) is 6.10 Å². The van der Waals surface area contributed by atoms with Gasteiger partial charge < -0.3 is 10.5 Å². The summed E-state index contributed by atoms with van der Waals surface area (Å²) >= 11 is 1.85. The molecule has 1 aromatic heterocycles. The normalized spacial score (nSPS) is 26.3. The fourth-order valence-electron chi connectivity index (χ4n) is 2.48. The van der Waals surface area contributed by atoms with Gasteiger partial charge in [-0.15, -0.1) is 11.3 Å². The number of likely N-dealkylation sites (tertiary alicyclic amines) is 1. The van der Waals surface area contributed by atoms with E-state index in [9.17, 15) is 0 Å². The molecular weight excluding hydrogens is 232 g/mol. The molecule has 2 unspecified atom stereocenters. The topological polar surface area (TPSA) is 38.5 Å². The summed E-state index contributed by atoms with van der Waals surface area (Å²) in [5.74, 6) is 0. The highest BCUT2D eigenvalue weighted by Gasteiger charge is 2.27. The first-order valence-corrected chi connectivity index (χ1v) is 7.12. The standard InChI is InChI=1S/C13H22N2OS/c1-10-4-6-17-13(10)9-15-5-3-12(16-2)7-11(15)8-14/h4,6,11-12H,3,5,7-9,14H2,1-2H3. The number of ether oxygens (including phenoxy) is 1. The third-order valence-corrected chi connectivity index (χ3v) is 4.72. The Morgan fingerprint density at radius 1 is 1.59 bits per heavy atom. The van der Waals surface area contributed by atoms with E-state index in [2.05, 4.69) is 23.3 Å². The fourth-order valence-corrected chi connectivity index (χ4v) is 3.41. The molecule has 1 fully saturated rings. The maximum absolute atomic E-state index is 5.88. The summed E-state index contributed by atoms with van der Waals surface area (Å²) in [5, 5.41) is 2.17. The molecular formula is C13H22N2OS. The third kappa shape index (κ3) is 3.07. The SMILES string of the molecule is COC1CCN(Cc2sccc2C)C(CN)C1. The first-order chi connectivity index (χ1) is 8.24. The Balaban J connectivity index is 1.98. The minimum atomic E-state index is 0.393. The van der Waals surface area contributed by atoms with E-state index in [1.807, 2.05) is 11.3 Å². The molecule has 2 N–H and O–H groups in total. The molecule has 1 aliphatic rings. The van der Waals surface area contributed by atoms with Crippen molar-refractivity contribution in [1.82, 2.24) is 4.90 Å². The van der Waals surface area contributed by atoms with Gasteiger partial charge in [-0.1, -0.05) is 0 Å². The Kier molecular flexibility index (Phi) is 4.56. The van der Waals surface area contributed by atoms with Gasteiger partial charge in [0.2, 0.25) is 0 Å². The number of rotatable bonds is 4. The van der Waals surface area contributed by atoms with E-state index in [4.69, 9.17) is 10.5 Å². The van der Waals surface area contributed by atoms with Gasteiger partial charge >= 0.3 is 0 Å². The molecule has 2 atom stereocenters. The van der Waals surface area contributed by atoms with Gasteiger partial charge in [0.1, 0.15) is 0 Å². The molecule has 96 valence electrons. The average Bonchev–Trinajstić information content (AvgIpc) is 2.75. The van der Waals surface area contributed by atoms with Gasteiger partial charge in [0.25, 0.3) is 0 Å². The van der Waals surface area contributed by atoms with E-state index < -0.39 is 0 Å². The first kappa shape index (κ1) is 13.0. The Morgan fingerprint density at radius 2 is 2.41 bits per heavy atom. The summed E-state index contributed by atoms with van der Waals surface area (Å²) in [5.41, 5.74) is 7.29. The van der Waals surface area contributed by atoms with Crippen LogP contribution in [0.3, 0.4) is 0 Å². The lowest BCUT2D eigenvalue weighted by molar-refractivity contribution is 0.0105. The molecule has 0 spiro atoms. The number of hydrogen-bond donors (Lipinski definition) is 1. The van der Waals surface area contributed by atoms with Crippen LogP contribution in [-0.2, 0) is 11.3 Å². The number of hydrogen-bond acceptors (Lipinski definition) is 4. The van der Waals surface area contributed by atoms with Crippen LogP contribution >= 0.6 is 11.3 Å². The minimum Gasteiger partial charge on any atom is -0.381 e. The summed E-state index contributed by atoms with van der Waals surface area (Å²) in [6.45, 7) is 5.05. The van der Waals surface area contributed by atoms with E-state index >= 15 is 0 Å². The lowest BCUT2D eigenvalue weighted by Gasteiger charge is -2.38. The molecule has 2 rings (SSSR count). The van der Waals surface area contributed by atoms with Gasteiger partial charge in [-0.3, -0.25) is 4.90 Å². The lowest BCUT2D eigenvalue weighted by Crippen LogP contribution is -2.47. The van der Waals surface area contributed by atoms with Gasteiger partial charge in [-0.05, 0) is 36.8 Å². The van der Waals surface area contributed by atoms with E-state index in [1.54, 1.807) is 7.11 Å². The predicted octanol–water partition coefficient (Wildman–Crippen LogP) is 1.99. The summed E-state index contributed by atoms with van der Waals surface area (Å²) in [6.07, 6.45) is 2.58. The summed E-state index contributed by atoms with van der Waals surface area (Å²) < 4.78 is 5.45. The largest absolute Gasteiger partial charge is 0.381 e. The van der Waals surface area contributed by atoms with Crippen LogP contribution in [0.2, 0.25) is 0 Å². The van der Waals surface area contributed by atoms with Crippen LogP contribution in [0.25, 0.3) is 0 Å². The van der Waals surface area contributed by atoms with E-state index in [1.165, 1.54) is 10.4 Å². The van der Waals surface area contributed by atoms with Crippen molar-refractivity contribution in [2.24, 2.45) is 5.73 Å². The van der Waals surface area contributed by atoms with Crippen LogP contribution in [0.5, 0.6) is 0 Å². The second kappa shape index (κ2) is 5.96. The summed E-state index contributed by atoms with van der Waals surface area (Å²) in [7, 11) is 1.80. The molecule has 0 aliphatic carbocycles. The molecule has 0 radical (unpaired) electrons. The van der Waals surface area contributed by atoms with E-state index in [-0.39, 0.29) is 0 Å². The van der Waals surface area contributed by atoms with Crippen LogP contribution in [0.1, 0.15) is 23.3 Å². The predicted molar refractivity (Wildman–Crippen MR) is 72.3 cm³/mol. The van der Waals surface area contributed by atoms with Crippen molar-refractivity contribution in [3.63, 3.8) is 0 Å². The second-order valence-corrected chi connectivity index (χ2v) is 5.77. The van der Waals surface area contributed by atoms with Gasteiger partial charge in [-0.25, -0.2) is 0 Å². The highest BCUT2D eigenvalue weighted by Crippen LogP contribution is 2.24. The lowest BCUT2D eigenvalue weighted by atomic mass is 9.99. The molecule has 2 heterocycles. The molecule has 17 heavy (non-hydrogen) atoms. The Morgan fingerprint density at radius 3 is 3.00 bits per heavy atom. The van der Waals surface area contributed by atoms with Crippen LogP contribution in [-0.4, -0.2) is 37.2 Å². The van der Waals surface area contributed by atoms with Crippen LogP contribution in [0, 0.1) is 6.92 Å². The number of piperidine rings is 1. The highest BCUT2D eigenvalue weighted by molar-refractivity contribution is 7.10. The molecule has 4 heteroatoms. The second-order valence-electron chi connectivity index (χ2n) is 4.77. The fraction of sp³-hybridized carbons (Fsp3) is 0.692. The molecule has 0 aromatic carbocycles. The maximum Gasteiger partial charge on any atom is 0.0599 e. The van der Waals surface area contributed by atoms with E-state index in [0.29, 0.717) is 12.1 Å². The molecule has 1 saturated heterocycles. The average molecular weight is 254 g/mol. The van der Waals surface area contributed by atoms with Gasteiger partial charge in [0, 0.05) is 37.7 Å². The monoisotopic (exact) mass is 254 g/mol. The number of thiophene rings is 1. The molecule has 0 saturated carbocycles. The quantitative estimate of drug-likeness (QED) is 0.893. The van der Waals surface area contributed by atoms with Crippen molar-refractivity contribution in [3.8, 4) is 0 Å². The number of methoxy groups -OCH3 is 1. The zero-order valence-electron chi connectivity index (χ0n) is 10.7. The summed E-state index contributed by atoms with van der Waals surface area (Å²) in [4.78, 5) is 3.98. The van der Waals surface area contributed by atoms with Crippen molar-refractivity contribution in [2.45, 2.75) is 38.5 Å². The number of aryl methyl sites for hydroxylation is 1. The van der Waals surface area contributed by atoms with Gasteiger partial charge in [0.15, 0.2) is 0 Å². The summed E-state index contributed by atoms with van der Waals surface area (Å²) in [6, 6.07) is 2.66. The Hall–Kier alpha value is -0.420. The Labute approximate surface area is 108 Å². The van der Waals surface area contributed by atoms with Gasteiger partial charge in [-0.2, -0.15) is 0 Å². The minimum absolute atomic E-state index is 0.393.